The summed E-state index contributed by atoms with van der Waals surface area (Å²) in [5, 5.41) is 7.09. The van der Waals surface area contributed by atoms with Crippen molar-refractivity contribution >= 4 is 71.6 Å². The summed E-state index contributed by atoms with van der Waals surface area (Å²) in [5.74, 6) is 0. The predicted molar refractivity (Wildman–Crippen MR) is 231 cm³/mol. The number of hydrogen-bond donors (Lipinski definition) is 0. The molecule has 258 valence electrons. The molecule has 9 aromatic carbocycles. The van der Waals surface area contributed by atoms with Crippen molar-refractivity contribution in [2.24, 2.45) is 0 Å². The fourth-order valence-electron chi connectivity index (χ4n) is 8.42. The lowest BCUT2D eigenvalue weighted by Gasteiger charge is -2.27. The molecule has 0 aliphatic heterocycles. The van der Waals surface area contributed by atoms with Gasteiger partial charge in [-0.3, -0.25) is 0 Å². The summed E-state index contributed by atoms with van der Waals surface area (Å²) in [7, 11) is 0. The number of aromatic nitrogens is 1. The van der Waals surface area contributed by atoms with E-state index in [4.69, 9.17) is 4.42 Å². The minimum absolute atomic E-state index is 0.870. The lowest BCUT2D eigenvalue weighted by molar-refractivity contribution is 0.669. The summed E-state index contributed by atoms with van der Waals surface area (Å²) in [6.07, 6.45) is 0. The van der Waals surface area contributed by atoms with E-state index in [1.54, 1.807) is 0 Å². The molecule has 11 aromatic rings. The fourth-order valence-corrected chi connectivity index (χ4v) is 8.42. The number of nitrogens with zero attached hydrogens (tertiary/aromatic N) is 2. The zero-order chi connectivity index (χ0) is 36.3. The van der Waals surface area contributed by atoms with Gasteiger partial charge in [-0.2, -0.15) is 0 Å². The molecule has 2 aromatic heterocycles. The summed E-state index contributed by atoms with van der Waals surface area (Å²) in [6, 6.07) is 73.8. The molecule has 0 atom stereocenters. The molecule has 0 fully saturated rings. The highest BCUT2D eigenvalue weighted by Gasteiger charge is 2.22. The van der Waals surface area contributed by atoms with Gasteiger partial charge < -0.3 is 13.9 Å². The van der Waals surface area contributed by atoms with E-state index in [2.05, 4.69) is 210 Å². The highest BCUT2D eigenvalue weighted by molar-refractivity contribution is 6.23. The zero-order valence-corrected chi connectivity index (χ0v) is 29.9. The minimum Gasteiger partial charge on any atom is -0.454 e. The minimum atomic E-state index is 0.870. The Labute approximate surface area is 318 Å². The van der Waals surface area contributed by atoms with Gasteiger partial charge in [-0.15, -0.1) is 0 Å². The molecule has 0 unspecified atom stereocenters. The van der Waals surface area contributed by atoms with Crippen molar-refractivity contribution in [3.8, 4) is 27.9 Å². The van der Waals surface area contributed by atoms with E-state index in [0.29, 0.717) is 0 Å². The second-order valence-corrected chi connectivity index (χ2v) is 14.1. The van der Waals surface area contributed by atoms with Crippen LogP contribution in [0.5, 0.6) is 0 Å². The van der Waals surface area contributed by atoms with E-state index in [-0.39, 0.29) is 0 Å². The standard InChI is InChI=1S/C52H34N2O/c1-3-14-35(15-4-1)37-17-13-20-42(32-37)53(49-34-39-16-7-8-21-43(39)51-45-23-10-12-25-50(45)55-52(49)51)41-29-26-36(27-30-41)38-28-31-48-46(33-38)44-22-9-11-24-47(44)54(48)40-18-5-2-6-19-40/h1-34H. The van der Waals surface area contributed by atoms with Crippen LogP contribution in [0.1, 0.15) is 0 Å². The number of anilines is 3. The third-order valence-corrected chi connectivity index (χ3v) is 10.9. The largest absolute Gasteiger partial charge is 0.454 e. The number of furan rings is 1. The Morgan fingerprint density at radius 3 is 1.84 bits per heavy atom. The van der Waals surface area contributed by atoms with Gasteiger partial charge in [0.25, 0.3) is 0 Å². The summed E-state index contributed by atoms with van der Waals surface area (Å²) in [6.45, 7) is 0. The maximum absolute atomic E-state index is 6.79. The summed E-state index contributed by atoms with van der Waals surface area (Å²) >= 11 is 0. The Morgan fingerprint density at radius 1 is 0.382 bits per heavy atom. The number of benzene rings is 9. The van der Waals surface area contributed by atoms with E-state index in [1.807, 2.05) is 6.07 Å². The zero-order valence-electron chi connectivity index (χ0n) is 29.9. The first-order chi connectivity index (χ1) is 27.3. The lowest BCUT2D eigenvalue weighted by atomic mass is 10.00. The van der Waals surface area contributed by atoms with Crippen LogP contribution in [0.4, 0.5) is 17.1 Å². The molecule has 0 amide bonds. The van der Waals surface area contributed by atoms with E-state index >= 15 is 0 Å². The number of rotatable bonds is 6. The van der Waals surface area contributed by atoms with E-state index in [9.17, 15) is 0 Å². The van der Waals surface area contributed by atoms with Gasteiger partial charge in [0.05, 0.1) is 16.7 Å². The molecule has 3 nitrogen and oxygen atoms in total. The topological polar surface area (TPSA) is 21.3 Å². The fraction of sp³-hybridized carbons (Fsp3) is 0. The van der Waals surface area contributed by atoms with Crippen LogP contribution in [0.2, 0.25) is 0 Å². The quantitative estimate of drug-likeness (QED) is 0.172. The Kier molecular flexibility index (Phi) is 7.17. The second kappa shape index (κ2) is 12.6. The van der Waals surface area contributed by atoms with Crippen LogP contribution in [0.3, 0.4) is 0 Å². The molecule has 0 aliphatic carbocycles. The first-order valence-corrected chi connectivity index (χ1v) is 18.8. The molecule has 0 saturated carbocycles. The molecule has 0 radical (unpaired) electrons. The van der Waals surface area contributed by atoms with Gasteiger partial charge in [0, 0.05) is 38.6 Å². The van der Waals surface area contributed by atoms with Crippen LogP contribution in [-0.2, 0) is 0 Å². The molecule has 11 rings (SSSR count). The SMILES string of the molecule is c1ccc(-c2cccc(N(c3ccc(-c4ccc5c(c4)c4ccccc4n5-c4ccccc4)cc3)c3cc4ccccc4c4c3oc3ccccc34)c2)cc1. The summed E-state index contributed by atoms with van der Waals surface area (Å²) < 4.78 is 9.15. The monoisotopic (exact) mass is 702 g/mol. The molecular weight excluding hydrogens is 669 g/mol. The van der Waals surface area contributed by atoms with Gasteiger partial charge in [0.15, 0.2) is 5.58 Å². The van der Waals surface area contributed by atoms with E-state index < -0.39 is 0 Å². The molecule has 0 spiro atoms. The number of fused-ring (bicyclic) bond motifs is 8. The van der Waals surface area contributed by atoms with Crippen molar-refractivity contribution in [3.63, 3.8) is 0 Å². The van der Waals surface area contributed by atoms with Crippen LogP contribution in [0, 0.1) is 0 Å². The number of para-hydroxylation sites is 3. The van der Waals surface area contributed by atoms with Gasteiger partial charge in [0.1, 0.15) is 5.58 Å². The third kappa shape index (κ3) is 5.13. The maximum atomic E-state index is 6.79. The van der Waals surface area contributed by atoms with Gasteiger partial charge in [-0.05, 0) is 99.8 Å². The Balaban J connectivity index is 1.09. The first kappa shape index (κ1) is 31.2. The van der Waals surface area contributed by atoms with Crippen LogP contribution in [0.25, 0.3) is 82.5 Å². The highest BCUT2D eigenvalue weighted by atomic mass is 16.3. The Morgan fingerprint density at radius 2 is 1.00 bits per heavy atom. The van der Waals surface area contributed by atoms with Crippen molar-refractivity contribution in [3.05, 3.63) is 206 Å². The van der Waals surface area contributed by atoms with Crippen molar-refractivity contribution in [1.29, 1.82) is 0 Å². The predicted octanol–water partition coefficient (Wildman–Crippen LogP) is 14.6. The second-order valence-electron chi connectivity index (χ2n) is 14.1. The van der Waals surface area contributed by atoms with Crippen molar-refractivity contribution in [2.75, 3.05) is 4.90 Å². The lowest BCUT2D eigenvalue weighted by Crippen LogP contribution is -2.10. The average Bonchev–Trinajstić information content (AvgIpc) is 3.81. The Bertz CT molecular complexity index is 3190. The maximum Gasteiger partial charge on any atom is 0.160 e. The van der Waals surface area contributed by atoms with Gasteiger partial charge in [-0.25, -0.2) is 0 Å². The molecule has 55 heavy (non-hydrogen) atoms. The highest BCUT2D eigenvalue weighted by Crippen LogP contribution is 2.46. The van der Waals surface area contributed by atoms with Crippen LogP contribution in [-0.4, -0.2) is 4.57 Å². The van der Waals surface area contributed by atoms with E-state index in [0.717, 1.165) is 55.8 Å². The molecular formula is C52H34N2O. The summed E-state index contributed by atoms with van der Waals surface area (Å²) in [4.78, 5) is 2.35. The molecule has 2 heterocycles. The van der Waals surface area contributed by atoms with Crippen molar-refractivity contribution in [2.45, 2.75) is 0 Å². The molecule has 0 N–H and O–H groups in total. The molecule has 0 aliphatic rings. The number of hydrogen-bond acceptors (Lipinski definition) is 2. The normalized spacial score (nSPS) is 11.6. The molecule has 3 heteroatoms. The van der Waals surface area contributed by atoms with Crippen LogP contribution < -0.4 is 4.90 Å². The van der Waals surface area contributed by atoms with Gasteiger partial charge >= 0.3 is 0 Å². The summed E-state index contributed by atoms with van der Waals surface area (Å²) in [5.41, 5.74) is 13.1. The first-order valence-electron chi connectivity index (χ1n) is 18.8. The van der Waals surface area contributed by atoms with Crippen molar-refractivity contribution < 1.29 is 4.42 Å². The molecule has 0 bridgehead atoms. The van der Waals surface area contributed by atoms with Gasteiger partial charge in [0.2, 0.25) is 0 Å². The van der Waals surface area contributed by atoms with E-state index in [1.165, 1.54) is 43.7 Å². The third-order valence-electron chi connectivity index (χ3n) is 10.9. The van der Waals surface area contributed by atoms with Gasteiger partial charge in [-0.1, -0.05) is 140 Å². The van der Waals surface area contributed by atoms with Crippen LogP contribution >= 0.6 is 0 Å². The molecule has 0 saturated heterocycles. The smallest absolute Gasteiger partial charge is 0.160 e. The van der Waals surface area contributed by atoms with Crippen LogP contribution in [0.15, 0.2) is 211 Å². The average molecular weight is 703 g/mol. The van der Waals surface area contributed by atoms with Crippen molar-refractivity contribution in [1.82, 2.24) is 4.57 Å². The Hall–Kier alpha value is -7.36.